The first-order valence-electron chi connectivity index (χ1n) is 11.2. The minimum Gasteiger partial charge on any atom is -0.457 e. The Hall–Kier alpha value is -3.07. The van der Waals surface area contributed by atoms with Gasteiger partial charge in [0.2, 0.25) is 0 Å². The molecule has 1 aliphatic rings. The van der Waals surface area contributed by atoms with E-state index in [1.807, 2.05) is 60.8 Å². The summed E-state index contributed by atoms with van der Waals surface area (Å²) in [5, 5.41) is 0. The molecule has 160 valence electrons. The first kappa shape index (κ1) is 21.2. The van der Waals surface area contributed by atoms with Gasteiger partial charge in [-0.3, -0.25) is 4.99 Å². The molecule has 31 heavy (non-hydrogen) atoms. The van der Waals surface area contributed by atoms with Gasteiger partial charge in [-0.05, 0) is 105 Å². The van der Waals surface area contributed by atoms with Gasteiger partial charge >= 0.3 is 0 Å². The number of aryl methyl sites for hydroxylation is 1. The van der Waals surface area contributed by atoms with Crippen LogP contribution in [0.25, 0.3) is 0 Å². The fraction of sp³-hybridized carbons (Fsp3) is 0.321. The molecule has 0 saturated carbocycles. The van der Waals surface area contributed by atoms with E-state index in [1.54, 1.807) is 0 Å². The van der Waals surface area contributed by atoms with E-state index in [1.165, 1.54) is 22.4 Å². The second-order valence-corrected chi connectivity index (χ2v) is 9.10. The summed E-state index contributed by atoms with van der Waals surface area (Å²) in [5.74, 6) is 2.18. The van der Waals surface area contributed by atoms with Gasteiger partial charge in [-0.1, -0.05) is 25.1 Å². The maximum atomic E-state index is 5.87. The predicted octanol–water partition coefficient (Wildman–Crippen LogP) is 7.65. The van der Waals surface area contributed by atoms with E-state index < -0.39 is 0 Å². The molecule has 0 aromatic heterocycles. The maximum Gasteiger partial charge on any atom is 0.127 e. The standard InChI is InChI=1S/C28H32N2O/c1-6-30-27-16-20(2)22(17-26(27)21(3)18-28(30,4)5)19-29-23-12-14-25(15-13-23)31-24-10-8-7-9-11-24/h7-17,19,21H,6,18H2,1-5H3/t21-/m1/s1. The van der Waals surface area contributed by atoms with Gasteiger partial charge in [0, 0.05) is 24.0 Å². The monoisotopic (exact) mass is 412 g/mol. The van der Waals surface area contributed by atoms with Crippen molar-refractivity contribution in [1.82, 2.24) is 0 Å². The van der Waals surface area contributed by atoms with E-state index in [0.29, 0.717) is 5.92 Å². The zero-order chi connectivity index (χ0) is 22.0. The molecule has 3 nitrogen and oxygen atoms in total. The molecule has 3 aromatic rings. The third kappa shape index (κ3) is 4.51. The second kappa shape index (κ2) is 8.58. The summed E-state index contributed by atoms with van der Waals surface area (Å²) in [7, 11) is 0. The number of anilines is 1. The summed E-state index contributed by atoms with van der Waals surface area (Å²) in [5.41, 5.74) is 6.36. The van der Waals surface area contributed by atoms with Gasteiger partial charge in [-0.25, -0.2) is 0 Å². The van der Waals surface area contributed by atoms with E-state index in [-0.39, 0.29) is 5.54 Å². The number of ether oxygens (including phenoxy) is 1. The largest absolute Gasteiger partial charge is 0.457 e. The Kier molecular flexibility index (Phi) is 5.86. The number of aliphatic imine (C=N–C) groups is 1. The fourth-order valence-corrected chi connectivity index (χ4v) is 4.76. The van der Waals surface area contributed by atoms with Gasteiger partial charge in [0.25, 0.3) is 0 Å². The lowest BCUT2D eigenvalue weighted by molar-refractivity contribution is 0.381. The molecule has 0 fully saturated rings. The van der Waals surface area contributed by atoms with Crippen LogP contribution in [0.15, 0.2) is 71.7 Å². The second-order valence-electron chi connectivity index (χ2n) is 9.10. The molecule has 0 saturated heterocycles. The third-order valence-electron chi connectivity index (χ3n) is 6.26. The average molecular weight is 413 g/mol. The predicted molar refractivity (Wildman–Crippen MR) is 132 cm³/mol. The molecule has 0 amide bonds. The number of rotatable bonds is 5. The van der Waals surface area contributed by atoms with Crippen LogP contribution in [0, 0.1) is 6.92 Å². The molecule has 0 unspecified atom stereocenters. The van der Waals surface area contributed by atoms with Crippen LogP contribution in [-0.2, 0) is 0 Å². The Morgan fingerprint density at radius 3 is 2.39 bits per heavy atom. The zero-order valence-corrected chi connectivity index (χ0v) is 19.2. The maximum absolute atomic E-state index is 5.87. The fourth-order valence-electron chi connectivity index (χ4n) is 4.76. The highest BCUT2D eigenvalue weighted by atomic mass is 16.5. The van der Waals surface area contributed by atoms with Crippen molar-refractivity contribution in [2.45, 2.75) is 52.5 Å². The quantitative estimate of drug-likeness (QED) is 0.402. The van der Waals surface area contributed by atoms with E-state index in [2.05, 4.69) is 51.7 Å². The summed E-state index contributed by atoms with van der Waals surface area (Å²) in [6.07, 6.45) is 3.15. The molecule has 1 atom stereocenters. The van der Waals surface area contributed by atoms with Crippen LogP contribution in [-0.4, -0.2) is 18.3 Å². The lowest BCUT2D eigenvalue weighted by atomic mass is 9.79. The first-order chi connectivity index (χ1) is 14.9. The van der Waals surface area contributed by atoms with Gasteiger partial charge < -0.3 is 9.64 Å². The zero-order valence-electron chi connectivity index (χ0n) is 19.2. The molecule has 3 aromatic carbocycles. The van der Waals surface area contributed by atoms with Crippen molar-refractivity contribution in [1.29, 1.82) is 0 Å². The molecule has 1 aliphatic heterocycles. The van der Waals surface area contributed by atoms with Crippen LogP contribution in [0.3, 0.4) is 0 Å². The highest BCUT2D eigenvalue weighted by Gasteiger charge is 2.35. The van der Waals surface area contributed by atoms with E-state index in [0.717, 1.165) is 30.2 Å². The number of benzene rings is 3. The van der Waals surface area contributed by atoms with Crippen LogP contribution in [0.5, 0.6) is 11.5 Å². The number of fused-ring (bicyclic) bond motifs is 1. The SMILES string of the molecule is CCN1c2cc(C)c(C=Nc3ccc(Oc4ccccc4)cc3)cc2[C@H](C)CC1(C)C. The number of para-hydroxylation sites is 1. The Labute approximate surface area is 186 Å². The highest BCUT2D eigenvalue weighted by molar-refractivity contribution is 5.86. The molecule has 0 radical (unpaired) electrons. The Balaban J connectivity index is 1.55. The molecule has 0 spiro atoms. The van der Waals surface area contributed by atoms with Crippen LogP contribution in [0.2, 0.25) is 0 Å². The minimum absolute atomic E-state index is 0.187. The molecular weight excluding hydrogens is 380 g/mol. The molecule has 4 rings (SSSR count). The van der Waals surface area contributed by atoms with Gasteiger partial charge in [-0.15, -0.1) is 0 Å². The average Bonchev–Trinajstić information content (AvgIpc) is 2.74. The molecule has 0 bridgehead atoms. The summed E-state index contributed by atoms with van der Waals surface area (Å²) >= 11 is 0. The lowest BCUT2D eigenvalue weighted by Gasteiger charge is -2.47. The highest BCUT2D eigenvalue weighted by Crippen LogP contribution is 2.44. The van der Waals surface area contributed by atoms with Gasteiger partial charge in [0.15, 0.2) is 0 Å². The first-order valence-corrected chi connectivity index (χ1v) is 11.2. The Bertz CT molecular complexity index is 1070. The van der Waals surface area contributed by atoms with Crippen LogP contribution in [0.1, 0.15) is 56.7 Å². The van der Waals surface area contributed by atoms with Gasteiger partial charge in [0.05, 0.1) is 5.69 Å². The summed E-state index contributed by atoms with van der Waals surface area (Å²) in [4.78, 5) is 7.28. The molecule has 0 aliphatic carbocycles. The van der Waals surface area contributed by atoms with E-state index in [4.69, 9.17) is 9.73 Å². The minimum atomic E-state index is 0.187. The van der Waals surface area contributed by atoms with E-state index in [9.17, 15) is 0 Å². The molecule has 3 heteroatoms. The van der Waals surface area contributed by atoms with Crippen molar-refractivity contribution in [3.05, 3.63) is 83.4 Å². The normalized spacial score (nSPS) is 17.6. The van der Waals surface area contributed by atoms with Crippen molar-refractivity contribution in [2.24, 2.45) is 4.99 Å². The number of nitrogens with zero attached hydrogens (tertiary/aromatic N) is 2. The molecular formula is C28H32N2O. The van der Waals surface area contributed by atoms with Crippen molar-refractivity contribution in [3.63, 3.8) is 0 Å². The summed E-state index contributed by atoms with van der Waals surface area (Å²) in [6, 6.07) is 22.4. The smallest absolute Gasteiger partial charge is 0.127 e. The summed E-state index contributed by atoms with van der Waals surface area (Å²) in [6.45, 7) is 12.5. The Morgan fingerprint density at radius 2 is 1.71 bits per heavy atom. The Morgan fingerprint density at radius 1 is 1.03 bits per heavy atom. The van der Waals surface area contributed by atoms with Crippen LogP contribution in [0.4, 0.5) is 11.4 Å². The van der Waals surface area contributed by atoms with Crippen molar-refractivity contribution < 1.29 is 4.74 Å². The van der Waals surface area contributed by atoms with Crippen LogP contribution >= 0.6 is 0 Å². The van der Waals surface area contributed by atoms with Gasteiger partial charge in [-0.2, -0.15) is 0 Å². The topological polar surface area (TPSA) is 24.8 Å². The third-order valence-corrected chi connectivity index (χ3v) is 6.26. The van der Waals surface area contributed by atoms with Crippen molar-refractivity contribution in [3.8, 4) is 11.5 Å². The van der Waals surface area contributed by atoms with Crippen LogP contribution < -0.4 is 9.64 Å². The summed E-state index contributed by atoms with van der Waals surface area (Å²) < 4.78 is 5.87. The number of hydrogen-bond donors (Lipinski definition) is 0. The van der Waals surface area contributed by atoms with Crippen molar-refractivity contribution in [2.75, 3.05) is 11.4 Å². The van der Waals surface area contributed by atoms with Gasteiger partial charge in [0.1, 0.15) is 11.5 Å². The van der Waals surface area contributed by atoms with Crippen molar-refractivity contribution >= 4 is 17.6 Å². The molecule has 1 heterocycles. The number of hydrogen-bond acceptors (Lipinski definition) is 3. The van der Waals surface area contributed by atoms with E-state index >= 15 is 0 Å². The molecule has 0 N–H and O–H groups in total. The lowest BCUT2D eigenvalue weighted by Crippen LogP contribution is -2.48.